The third-order valence-corrected chi connectivity index (χ3v) is 2.59. The second-order valence-electron chi connectivity index (χ2n) is 3.81. The maximum atomic E-state index is 11.6. The highest BCUT2D eigenvalue weighted by Gasteiger charge is 2.06. The van der Waals surface area contributed by atoms with Gasteiger partial charge in [0.05, 0.1) is 6.54 Å². The summed E-state index contributed by atoms with van der Waals surface area (Å²) >= 11 is 0. The summed E-state index contributed by atoms with van der Waals surface area (Å²) in [5.74, 6) is 0.0121. The van der Waals surface area contributed by atoms with E-state index in [2.05, 4.69) is 24.5 Å². The van der Waals surface area contributed by atoms with E-state index in [1.165, 1.54) is 0 Å². The molecular weight excluding hydrogens is 200 g/mol. The summed E-state index contributed by atoms with van der Waals surface area (Å²) in [6.07, 6.45) is 2.10. The topological polar surface area (TPSA) is 41.1 Å². The van der Waals surface area contributed by atoms with Crippen LogP contribution < -0.4 is 10.6 Å². The van der Waals surface area contributed by atoms with Gasteiger partial charge < -0.3 is 10.6 Å². The number of para-hydroxylation sites is 1. The number of hydrogen-bond donors (Lipinski definition) is 2. The van der Waals surface area contributed by atoms with Crippen molar-refractivity contribution in [2.24, 2.45) is 0 Å². The van der Waals surface area contributed by atoms with Gasteiger partial charge in [-0.3, -0.25) is 4.79 Å². The Morgan fingerprint density at radius 2 is 1.81 bits per heavy atom. The monoisotopic (exact) mass is 220 g/mol. The molecule has 0 atom stereocenters. The Hall–Kier alpha value is -1.35. The van der Waals surface area contributed by atoms with Gasteiger partial charge in [0.25, 0.3) is 0 Å². The van der Waals surface area contributed by atoms with Crippen molar-refractivity contribution < 1.29 is 4.79 Å². The van der Waals surface area contributed by atoms with E-state index in [0.717, 1.165) is 18.5 Å². The van der Waals surface area contributed by atoms with E-state index in [0.29, 0.717) is 12.6 Å². The SMILES string of the molecule is CCC(CC)NCC(=O)Nc1ccccc1. The van der Waals surface area contributed by atoms with E-state index in [-0.39, 0.29) is 5.91 Å². The van der Waals surface area contributed by atoms with Gasteiger partial charge in [-0.05, 0) is 25.0 Å². The first kappa shape index (κ1) is 12.7. The average molecular weight is 220 g/mol. The van der Waals surface area contributed by atoms with Crippen molar-refractivity contribution in [2.75, 3.05) is 11.9 Å². The second-order valence-corrected chi connectivity index (χ2v) is 3.81. The Morgan fingerprint density at radius 3 is 2.38 bits per heavy atom. The van der Waals surface area contributed by atoms with Crippen LogP contribution in [0.15, 0.2) is 30.3 Å². The van der Waals surface area contributed by atoms with Crippen LogP contribution in [0.5, 0.6) is 0 Å². The lowest BCUT2D eigenvalue weighted by Gasteiger charge is -2.14. The molecule has 0 aliphatic rings. The quantitative estimate of drug-likeness (QED) is 0.773. The van der Waals surface area contributed by atoms with Crippen LogP contribution in [0, 0.1) is 0 Å². The van der Waals surface area contributed by atoms with Crippen molar-refractivity contribution >= 4 is 11.6 Å². The molecule has 0 aromatic heterocycles. The number of benzene rings is 1. The van der Waals surface area contributed by atoms with Crippen LogP contribution in [-0.4, -0.2) is 18.5 Å². The maximum absolute atomic E-state index is 11.6. The Kier molecular flexibility index (Phi) is 5.57. The lowest BCUT2D eigenvalue weighted by atomic mass is 10.2. The molecule has 0 aliphatic heterocycles. The predicted molar refractivity (Wildman–Crippen MR) is 67.4 cm³/mol. The summed E-state index contributed by atoms with van der Waals surface area (Å²) in [5.41, 5.74) is 0.846. The molecule has 0 radical (unpaired) electrons. The van der Waals surface area contributed by atoms with Crippen LogP contribution in [0.4, 0.5) is 5.69 Å². The van der Waals surface area contributed by atoms with Gasteiger partial charge in [0.15, 0.2) is 0 Å². The van der Waals surface area contributed by atoms with Crippen molar-refractivity contribution in [3.8, 4) is 0 Å². The van der Waals surface area contributed by atoms with E-state index in [1.807, 2.05) is 30.3 Å². The molecule has 0 bridgehead atoms. The first-order valence-corrected chi connectivity index (χ1v) is 5.84. The Balaban J connectivity index is 2.31. The van der Waals surface area contributed by atoms with Crippen LogP contribution in [0.25, 0.3) is 0 Å². The molecule has 0 saturated carbocycles. The molecule has 0 heterocycles. The molecule has 1 amide bonds. The lowest BCUT2D eigenvalue weighted by Crippen LogP contribution is -2.35. The normalized spacial score (nSPS) is 10.4. The van der Waals surface area contributed by atoms with E-state index < -0.39 is 0 Å². The van der Waals surface area contributed by atoms with Crippen molar-refractivity contribution in [3.05, 3.63) is 30.3 Å². The van der Waals surface area contributed by atoms with Gasteiger partial charge in [0, 0.05) is 11.7 Å². The molecule has 1 aromatic carbocycles. The Bertz CT molecular complexity index is 307. The zero-order chi connectivity index (χ0) is 11.8. The molecule has 16 heavy (non-hydrogen) atoms. The van der Waals surface area contributed by atoms with Crippen LogP contribution >= 0.6 is 0 Å². The number of rotatable bonds is 6. The Labute approximate surface area is 97.2 Å². The zero-order valence-corrected chi connectivity index (χ0v) is 9.99. The molecule has 3 heteroatoms. The summed E-state index contributed by atoms with van der Waals surface area (Å²) in [6, 6.07) is 9.94. The van der Waals surface area contributed by atoms with Gasteiger partial charge in [0.2, 0.25) is 5.91 Å². The minimum absolute atomic E-state index is 0.0121. The van der Waals surface area contributed by atoms with Gasteiger partial charge in [-0.2, -0.15) is 0 Å². The van der Waals surface area contributed by atoms with Crippen LogP contribution in [-0.2, 0) is 4.79 Å². The van der Waals surface area contributed by atoms with Crippen LogP contribution in [0.3, 0.4) is 0 Å². The maximum Gasteiger partial charge on any atom is 0.238 e. The fourth-order valence-electron chi connectivity index (χ4n) is 1.54. The van der Waals surface area contributed by atoms with Gasteiger partial charge in [0.1, 0.15) is 0 Å². The number of carbonyl (C=O) groups is 1. The lowest BCUT2D eigenvalue weighted by molar-refractivity contribution is -0.115. The molecule has 0 unspecified atom stereocenters. The van der Waals surface area contributed by atoms with Crippen molar-refractivity contribution in [1.82, 2.24) is 5.32 Å². The van der Waals surface area contributed by atoms with E-state index in [1.54, 1.807) is 0 Å². The minimum atomic E-state index is 0.0121. The van der Waals surface area contributed by atoms with Crippen molar-refractivity contribution in [3.63, 3.8) is 0 Å². The number of anilines is 1. The molecular formula is C13H20N2O. The minimum Gasteiger partial charge on any atom is -0.325 e. The molecule has 1 aromatic rings. The molecule has 0 saturated heterocycles. The number of amides is 1. The van der Waals surface area contributed by atoms with Gasteiger partial charge in [-0.1, -0.05) is 32.0 Å². The average Bonchev–Trinajstić information content (AvgIpc) is 2.31. The van der Waals surface area contributed by atoms with Gasteiger partial charge in [-0.15, -0.1) is 0 Å². The van der Waals surface area contributed by atoms with Crippen LogP contribution in [0.2, 0.25) is 0 Å². The molecule has 0 fully saturated rings. The Morgan fingerprint density at radius 1 is 1.19 bits per heavy atom. The largest absolute Gasteiger partial charge is 0.325 e. The highest BCUT2D eigenvalue weighted by Crippen LogP contribution is 2.04. The number of hydrogen-bond acceptors (Lipinski definition) is 2. The highest BCUT2D eigenvalue weighted by molar-refractivity contribution is 5.92. The first-order valence-electron chi connectivity index (χ1n) is 5.84. The molecule has 3 nitrogen and oxygen atoms in total. The molecule has 0 aliphatic carbocycles. The fraction of sp³-hybridized carbons (Fsp3) is 0.462. The fourth-order valence-corrected chi connectivity index (χ4v) is 1.54. The molecule has 88 valence electrons. The third-order valence-electron chi connectivity index (χ3n) is 2.59. The van der Waals surface area contributed by atoms with E-state index >= 15 is 0 Å². The summed E-state index contributed by atoms with van der Waals surface area (Å²) in [5, 5.41) is 6.07. The highest BCUT2D eigenvalue weighted by atomic mass is 16.1. The van der Waals surface area contributed by atoms with Crippen molar-refractivity contribution in [2.45, 2.75) is 32.7 Å². The van der Waals surface area contributed by atoms with Gasteiger partial charge >= 0.3 is 0 Å². The van der Waals surface area contributed by atoms with Crippen molar-refractivity contribution in [1.29, 1.82) is 0 Å². The van der Waals surface area contributed by atoms with Gasteiger partial charge in [-0.25, -0.2) is 0 Å². The predicted octanol–water partition coefficient (Wildman–Crippen LogP) is 2.40. The summed E-state index contributed by atoms with van der Waals surface area (Å²) in [4.78, 5) is 11.6. The smallest absolute Gasteiger partial charge is 0.238 e. The first-order chi connectivity index (χ1) is 7.76. The number of nitrogens with one attached hydrogen (secondary N) is 2. The van der Waals surface area contributed by atoms with Crippen LogP contribution in [0.1, 0.15) is 26.7 Å². The number of carbonyl (C=O) groups excluding carboxylic acids is 1. The summed E-state index contributed by atoms with van der Waals surface area (Å²) in [6.45, 7) is 4.62. The second kappa shape index (κ2) is 7.01. The summed E-state index contributed by atoms with van der Waals surface area (Å²) in [7, 11) is 0. The zero-order valence-electron chi connectivity index (χ0n) is 9.99. The molecule has 1 rings (SSSR count). The van der Waals surface area contributed by atoms with E-state index in [4.69, 9.17) is 0 Å². The third kappa shape index (κ3) is 4.45. The summed E-state index contributed by atoms with van der Waals surface area (Å²) < 4.78 is 0. The molecule has 0 spiro atoms. The molecule has 2 N–H and O–H groups in total. The van der Waals surface area contributed by atoms with E-state index in [9.17, 15) is 4.79 Å². The standard InChI is InChI=1S/C13H20N2O/c1-3-11(4-2)14-10-13(16)15-12-8-6-5-7-9-12/h5-9,11,14H,3-4,10H2,1-2H3,(H,15,16).